The molecule has 15 heavy (non-hydrogen) atoms. The Hall–Kier alpha value is -0.830. The van der Waals surface area contributed by atoms with E-state index < -0.39 is 0 Å². The third kappa shape index (κ3) is 1.59. The zero-order chi connectivity index (χ0) is 10.3. The van der Waals surface area contributed by atoms with Gasteiger partial charge in [0.05, 0.1) is 0 Å². The molecular formula is C11H14ClN3. The average Bonchev–Trinajstić information content (AvgIpc) is 2.10. The van der Waals surface area contributed by atoms with E-state index in [9.17, 15) is 0 Å². The van der Waals surface area contributed by atoms with E-state index in [-0.39, 0.29) is 0 Å². The molecule has 0 saturated heterocycles. The zero-order valence-corrected chi connectivity index (χ0v) is 9.30. The Morgan fingerprint density at radius 2 is 2.00 bits per heavy atom. The number of halogens is 1. The minimum Gasteiger partial charge on any atom is -0.365 e. The predicted octanol–water partition coefficient (Wildman–Crippen LogP) is 2.87. The van der Waals surface area contributed by atoms with Gasteiger partial charge < -0.3 is 5.32 Å². The van der Waals surface area contributed by atoms with Crippen LogP contribution in [-0.4, -0.2) is 16.0 Å². The molecule has 1 spiro atoms. The second kappa shape index (κ2) is 3.34. The first-order valence-corrected chi connectivity index (χ1v) is 5.88. The van der Waals surface area contributed by atoms with Crippen molar-refractivity contribution in [1.29, 1.82) is 0 Å². The quantitative estimate of drug-likeness (QED) is 0.838. The molecule has 1 aromatic heterocycles. The SMILES string of the molecule is Clc1nccnc1NC1CC2(CCC2)C1. The third-order valence-electron chi connectivity index (χ3n) is 3.77. The molecule has 0 bridgehead atoms. The van der Waals surface area contributed by atoms with Crippen LogP contribution < -0.4 is 5.32 Å². The molecule has 2 saturated carbocycles. The van der Waals surface area contributed by atoms with E-state index in [4.69, 9.17) is 11.6 Å². The van der Waals surface area contributed by atoms with Crippen molar-refractivity contribution in [3.8, 4) is 0 Å². The Kier molecular flexibility index (Phi) is 2.09. The lowest BCUT2D eigenvalue weighted by Crippen LogP contribution is -2.49. The molecule has 80 valence electrons. The Labute approximate surface area is 94.3 Å². The van der Waals surface area contributed by atoms with Crippen LogP contribution in [-0.2, 0) is 0 Å². The van der Waals surface area contributed by atoms with Crippen LogP contribution in [0.15, 0.2) is 12.4 Å². The van der Waals surface area contributed by atoms with Gasteiger partial charge in [-0.15, -0.1) is 0 Å². The van der Waals surface area contributed by atoms with Gasteiger partial charge >= 0.3 is 0 Å². The molecule has 1 heterocycles. The highest BCUT2D eigenvalue weighted by molar-refractivity contribution is 6.31. The fourth-order valence-electron chi connectivity index (χ4n) is 2.78. The molecule has 2 fully saturated rings. The highest BCUT2D eigenvalue weighted by Gasteiger charge is 2.48. The maximum absolute atomic E-state index is 5.93. The van der Waals surface area contributed by atoms with Gasteiger partial charge in [0.1, 0.15) is 0 Å². The van der Waals surface area contributed by atoms with Crippen molar-refractivity contribution in [2.24, 2.45) is 5.41 Å². The van der Waals surface area contributed by atoms with Gasteiger partial charge in [-0.2, -0.15) is 0 Å². The second-order valence-electron chi connectivity index (χ2n) is 4.80. The molecule has 3 rings (SSSR count). The summed E-state index contributed by atoms with van der Waals surface area (Å²) in [5, 5.41) is 3.84. The van der Waals surface area contributed by atoms with E-state index in [1.165, 1.54) is 32.1 Å². The monoisotopic (exact) mass is 223 g/mol. The Bertz CT molecular complexity index is 368. The van der Waals surface area contributed by atoms with Gasteiger partial charge in [0.2, 0.25) is 0 Å². The number of nitrogens with zero attached hydrogens (tertiary/aromatic N) is 2. The first-order chi connectivity index (χ1) is 7.27. The van der Waals surface area contributed by atoms with Gasteiger partial charge in [-0.3, -0.25) is 0 Å². The van der Waals surface area contributed by atoms with E-state index in [0.717, 1.165) is 5.82 Å². The maximum Gasteiger partial charge on any atom is 0.171 e. The number of aromatic nitrogens is 2. The largest absolute Gasteiger partial charge is 0.365 e. The molecule has 4 heteroatoms. The van der Waals surface area contributed by atoms with Crippen molar-refractivity contribution in [2.75, 3.05) is 5.32 Å². The summed E-state index contributed by atoms with van der Waals surface area (Å²) >= 11 is 5.93. The third-order valence-corrected chi connectivity index (χ3v) is 4.04. The van der Waals surface area contributed by atoms with Crippen LogP contribution in [0.3, 0.4) is 0 Å². The summed E-state index contributed by atoms with van der Waals surface area (Å²) in [6.07, 6.45) is 10.1. The topological polar surface area (TPSA) is 37.8 Å². The Morgan fingerprint density at radius 3 is 2.60 bits per heavy atom. The van der Waals surface area contributed by atoms with Crippen molar-refractivity contribution in [1.82, 2.24) is 9.97 Å². The number of hydrogen-bond donors (Lipinski definition) is 1. The van der Waals surface area contributed by atoms with Crippen LogP contribution in [0.4, 0.5) is 5.82 Å². The average molecular weight is 224 g/mol. The highest BCUT2D eigenvalue weighted by atomic mass is 35.5. The summed E-state index contributed by atoms with van der Waals surface area (Å²) in [5.74, 6) is 0.735. The number of anilines is 1. The summed E-state index contributed by atoms with van der Waals surface area (Å²) in [6.45, 7) is 0. The van der Waals surface area contributed by atoms with Gasteiger partial charge in [0.25, 0.3) is 0 Å². The summed E-state index contributed by atoms with van der Waals surface area (Å²) in [6, 6.07) is 0.555. The van der Waals surface area contributed by atoms with Crippen LogP contribution >= 0.6 is 11.6 Å². The normalized spacial score (nSPS) is 23.3. The Morgan fingerprint density at radius 1 is 1.27 bits per heavy atom. The molecule has 0 radical (unpaired) electrons. The van der Waals surface area contributed by atoms with Crippen molar-refractivity contribution >= 4 is 17.4 Å². The van der Waals surface area contributed by atoms with E-state index in [1.54, 1.807) is 12.4 Å². The molecule has 3 nitrogen and oxygen atoms in total. The van der Waals surface area contributed by atoms with E-state index in [2.05, 4.69) is 15.3 Å². The number of rotatable bonds is 2. The molecule has 0 aliphatic heterocycles. The van der Waals surface area contributed by atoms with Crippen LogP contribution in [0.1, 0.15) is 32.1 Å². The van der Waals surface area contributed by atoms with Crippen LogP contribution in [0.25, 0.3) is 0 Å². The summed E-state index contributed by atoms with van der Waals surface area (Å²) in [7, 11) is 0. The maximum atomic E-state index is 5.93. The lowest BCUT2D eigenvalue weighted by molar-refractivity contribution is 0.0191. The van der Waals surface area contributed by atoms with Crippen molar-refractivity contribution < 1.29 is 0 Å². The number of hydrogen-bond acceptors (Lipinski definition) is 3. The van der Waals surface area contributed by atoms with Gasteiger partial charge in [-0.25, -0.2) is 9.97 Å². The minimum atomic E-state index is 0.479. The first-order valence-electron chi connectivity index (χ1n) is 5.51. The second-order valence-corrected chi connectivity index (χ2v) is 5.16. The highest BCUT2D eigenvalue weighted by Crippen LogP contribution is 2.56. The zero-order valence-electron chi connectivity index (χ0n) is 8.54. The molecule has 2 aliphatic rings. The van der Waals surface area contributed by atoms with Gasteiger partial charge in [-0.05, 0) is 31.1 Å². The number of nitrogens with one attached hydrogen (secondary N) is 1. The molecule has 1 aromatic rings. The van der Waals surface area contributed by atoms with E-state index >= 15 is 0 Å². The summed E-state index contributed by atoms with van der Waals surface area (Å²) in [5.41, 5.74) is 0.687. The minimum absolute atomic E-state index is 0.479. The van der Waals surface area contributed by atoms with Gasteiger partial charge in [-0.1, -0.05) is 18.0 Å². The molecule has 0 aromatic carbocycles. The fourth-order valence-corrected chi connectivity index (χ4v) is 2.94. The van der Waals surface area contributed by atoms with Gasteiger partial charge in [0, 0.05) is 18.4 Å². The fraction of sp³-hybridized carbons (Fsp3) is 0.636. The van der Waals surface area contributed by atoms with Crippen molar-refractivity contribution in [3.63, 3.8) is 0 Å². The van der Waals surface area contributed by atoms with Crippen LogP contribution in [0, 0.1) is 5.41 Å². The summed E-state index contributed by atoms with van der Waals surface area (Å²) in [4.78, 5) is 8.19. The van der Waals surface area contributed by atoms with Crippen LogP contribution in [0.2, 0.25) is 5.15 Å². The molecule has 2 aliphatic carbocycles. The van der Waals surface area contributed by atoms with Crippen molar-refractivity contribution in [3.05, 3.63) is 17.5 Å². The van der Waals surface area contributed by atoms with Crippen molar-refractivity contribution in [2.45, 2.75) is 38.1 Å². The molecule has 0 atom stereocenters. The standard InChI is InChI=1S/C11H14ClN3/c12-9-10(14-5-4-13-9)15-8-6-11(7-8)2-1-3-11/h4-5,8H,1-3,6-7H2,(H,14,15). The molecule has 0 amide bonds. The van der Waals surface area contributed by atoms with Gasteiger partial charge in [0.15, 0.2) is 11.0 Å². The lowest BCUT2D eigenvalue weighted by Gasteiger charge is -2.54. The lowest BCUT2D eigenvalue weighted by atomic mass is 9.54. The predicted molar refractivity (Wildman–Crippen MR) is 60.0 cm³/mol. The molecular weight excluding hydrogens is 210 g/mol. The van der Waals surface area contributed by atoms with E-state index in [0.29, 0.717) is 16.6 Å². The van der Waals surface area contributed by atoms with Crippen LogP contribution in [0.5, 0.6) is 0 Å². The smallest absolute Gasteiger partial charge is 0.171 e. The Balaban J connectivity index is 1.61. The molecule has 1 N–H and O–H groups in total. The summed E-state index contributed by atoms with van der Waals surface area (Å²) < 4.78 is 0. The first kappa shape index (κ1) is 9.40. The molecule has 0 unspecified atom stereocenters. The van der Waals surface area contributed by atoms with E-state index in [1.807, 2.05) is 0 Å².